The van der Waals surface area contributed by atoms with Gasteiger partial charge in [0.2, 0.25) is 0 Å². The first kappa shape index (κ1) is 25.8. The van der Waals surface area contributed by atoms with Crippen molar-refractivity contribution in [3.8, 4) is 0 Å². The Labute approximate surface area is 148 Å². The zero-order valence-corrected chi connectivity index (χ0v) is 14.0. The molecule has 0 unspecified atom stereocenters. The summed E-state index contributed by atoms with van der Waals surface area (Å²) < 4.78 is 204. The van der Waals surface area contributed by atoms with Crippen LogP contribution in [0.2, 0.25) is 0 Å². The van der Waals surface area contributed by atoms with E-state index >= 15 is 0 Å². The van der Waals surface area contributed by atoms with Crippen LogP contribution >= 0.6 is 31.9 Å². The van der Waals surface area contributed by atoms with Crippen molar-refractivity contribution in [3.05, 3.63) is 0 Å². The second-order valence-corrected chi connectivity index (χ2v) is 6.43. The van der Waals surface area contributed by atoms with Crippen molar-refractivity contribution in [1.29, 1.82) is 0 Å². The third-order valence-electron chi connectivity index (χ3n) is 2.68. The molecule has 0 saturated carbocycles. The predicted molar refractivity (Wildman–Crippen MR) is 57.4 cm³/mol. The Hall–Kier alpha value is -0.160. The molecule has 0 aliphatic carbocycles. The van der Waals surface area contributed by atoms with Crippen molar-refractivity contribution in [2.24, 2.45) is 0 Å². The molecule has 0 radical (unpaired) electrons. The average molecular weight is 560 g/mol. The molecule has 0 aliphatic rings. The summed E-state index contributed by atoms with van der Waals surface area (Å²) in [5.74, 6) is -48.1. The lowest BCUT2D eigenvalue weighted by atomic mass is 9.91. The van der Waals surface area contributed by atoms with Gasteiger partial charge in [-0.15, -0.1) is 0 Å². The van der Waals surface area contributed by atoms with Crippen LogP contribution in [-0.4, -0.2) is 45.2 Å². The molecule has 0 aromatic heterocycles. The van der Waals surface area contributed by atoms with E-state index in [2.05, 4.69) is 0 Å². The van der Waals surface area contributed by atoms with E-state index in [0.29, 0.717) is 31.9 Å². The maximum atomic E-state index is 13.0. The number of alkyl halides is 18. The third kappa shape index (κ3) is 3.15. The summed E-state index contributed by atoms with van der Waals surface area (Å²) in [7, 11) is 0. The van der Waals surface area contributed by atoms with Gasteiger partial charge >= 0.3 is 45.2 Å². The molecule has 158 valence electrons. The third-order valence-corrected chi connectivity index (χ3v) is 3.68. The van der Waals surface area contributed by atoms with Crippen LogP contribution in [0.25, 0.3) is 0 Å². The number of halogens is 18. The van der Waals surface area contributed by atoms with Crippen LogP contribution in [0.15, 0.2) is 0 Å². The van der Waals surface area contributed by atoms with Gasteiger partial charge in [-0.2, -0.15) is 70.2 Å². The van der Waals surface area contributed by atoms with Crippen LogP contribution in [0.1, 0.15) is 0 Å². The van der Waals surface area contributed by atoms with Gasteiger partial charge in [-0.1, -0.05) is 0 Å². The number of rotatable bonds is 7. The maximum absolute atomic E-state index is 13.0. The smallest absolute Gasteiger partial charge is 0.192 e. The fourth-order valence-corrected chi connectivity index (χ4v) is 1.64. The highest BCUT2D eigenvalue weighted by molar-refractivity contribution is 9.10. The van der Waals surface area contributed by atoms with Gasteiger partial charge in [-0.05, 0) is 31.9 Å². The minimum Gasteiger partial charge on any atom is -0.192 e. The normalized spacial score (nSPS) is 16.8. The first-order chi connectivity index (χ1) is 10.8. The summed E-state index contributed by atoms with van der Waals surface area (Å²) in [5.41, 5.74) is 0. The topological polar surface area (TPSA) is 0 Å². The molecule has 0 aliphatic heterocycles. The van der Waals surface area contributed by atoms with Crippen LogP contribution in [0.4, 0.5) is 70.2 Å². The van der Waals surface area contributed by atoms with Crippen LogP contribution < -0.4 is 0 Å². The molecule has 18 heteroatoms. The maximum Gasteiger partial charge on any atom is 0.388 e. The summed E-state index contributed by atoms with van der Waals surface area (Å²) in [6, 6.07) is 0. The highest BCUT2D eigenvalue weighted by atomic mass is 79.9. The summed E-state index contributed by atoms with van der Waals surface area (Å²) >= 11 is 0.824. The van der Waals surface area contributed by atoms with Gasteiger partial charge in [0.1, 0.15) is 0 Å². The molecule has 0 atom stereocenters. The Morgan fingerprint density at radius 1 is 0.269 bits per heavy atom. The van der Waals surface area contributed by atoms with Gasteiger partial charge in [0, 0.05) is 0 Å². The monoisotopic (exact) mass is 558 g/mol. The first-order valence-corrected chi connectivity index (χ1v) is 6.74. The molecule has 0 N–H and O–H groups in total. The average Bonchev–Trinajstić information content (AvgIpc) is 2.34. The van der Waals surface area contributed by atoms with Crippen molar-refractivity contribution in [1.82, 2.24) is 0 Å². The van der Waals surface area contributed by atoms with Crippen LogP contribution in [0, 0.1) is 0 Å². The van der Waals surface area contributed by atoms with Gasteiger partial charge in [0.05, 0.1) is 0 Å². The van der Waals surface area contributed by atoms with Crippen molar-refractivity contribution >= 4 is 31.9 Å². The van der Waals surface area contributed by atoms with Gasteiger partial charge in [0.25, 0.3) is 0 Å². The molecular formula is C8Br2F16. The highest BCUT2D eigenvalue weighted by Crippen LogP contribution is 2.64. The summed E-state index contributed by atoms with van der Waals surface area (Å²) in [6.45, 7) is 0. The molecule has 0 nitrogen and oxygen atoms in total. The summed E-state index contributed by atoms with van der Waals surface area (Å²) in [5, 5.41) is 0. The van der Waals surface area contributed by atoms with Crippen molar-refractivity contribution < 1.29 is 70.2 Å². The number of hydrogen-bond acceptors (Lipinski definition) is 0. The fourth-order valence-electron chi connectivity index (χ4n) is 1.14. The van der Waals surface area contributed by atoms with E-state index in [9.17, 15) is 70.2 Å². The Kier molecular flexibility index (Phi) is 6.13. The molecule has 26 heavy (non-hydrogen) atoms. The molecule has 0 bridgehead atoms. The Morgan fingerprint density at radius 2 is 0.385 bits per heavy atom. The second kappa shape index (κ2) is 6.17. The minimum atomic E-state index is -8.37. The molecule has 0 fully saturated rings. The van der Waals surface area contributed by atoms with Crippen molar-refractivity contribution in [2.75, 3.05) is 0 Å². The van der Waals surface area contributed by atoms with Crippen LogP contribution in [-0.2, 0) is 0 Å². The Bertz CT molecular complexity index is 477. The standard InChI is InChI=1S/C8Br2F16/c9-7(23,24)5(19,20)3(15,16)1(11,12)2(13,14)4(17,18)6(21,22)8(10,25)26. The van der Waals surface area contributed by atoms with Gasteiger partial charge in [-0.25, -0.2) is 0 Å². The van der Waals surface area contributed by atoms with E-state index in [4.69, 9.17) is 0 Å². The van der Waals surface area contributed by atoms with E-state index in [1.165, 1.54) is 0 Å². The van der Waals surface area contributed by atoms with Crippen LogP contribution in [0.3, 0.4) is 0 Å². The molecule has 0 saturated heterocycles. The zero-order valence-electron chi connectivity index (χ0n) is 10.8. The second-order valence-electron chi connectivity index (χ2n) is 4.44. The molecule has 0 aromatic carbocycles. The Balaban J connectivity index is 6.61. The lowest BCUT2D eigenvalue weighted by Gasteiger charge is -2.42. The Morgan fingerprint density at radius 3 is 0.500 bits per heavy atom. The zero-order chi connectivity index (χ0) is 22.0. The van der Waals surface area contributed by atoms with Crippen molar-refractivity contribution in [2.45, 2.75) is 45.2 Å². The van der Waals surface area contributed by atoms with E-state index in [-0.39, 0.29) is 0 Å². The molecular weight excluding hydrogens is 560 g/mol. The lowest BCUT2D eigenvalue weighted by Crippen LogP contribution is -2.73. The van der Waals surface area contributed by atoms with E-state index in [0.717, 1.165) is 0 Å². The predicted octanol–water partition coefficient (Wildman–Crippen LogP) is 6.77. The first-order valence-electron chi connectivity index (χ1n) is 5.15. The minimum absolute atomic E-state index is 0.412. The largest absolute Gasteiger partial charge is 0.388 e. The van der Waals surface area contributed by atoms with Gasteiger partial charge in [0.15, 0.2) is 0 Å². The molecule has 0 amide bonds. The van der Waals surface area contributed by atoms with Gasteiger partial charge < -0.3 is 0 Å². The van der Waals surface area contributed by atoms with Crippen molar-refractivity contribution in [3.63, 3.8) is 0 Å². The molecule has 0 rings (SSSR count). The van der Waals surface area contributed by atoms with E-state index in [1.807, 2.05) is 0 Å². The molecule has 0 spiro atoms. The van der Waals surface area contributed by atoms with Crippen LogP contribution in [0.5, 0.6) is 0 Å². The summed E-state index contributed by atoms with van der Waals surface area (Å²) in [4.78, 5) is -12.9. The lowest BCUT2D eigenvalue weighted by molar-refractivity contribution is -0.442. The quantitative estimate of drug-likeness (QED) is 0.238. The van der Waals surface area contributed by atoms with E-state index in [1.54, 1.807) is 0 Å². The highest BCUT2D eigenvalue weighted by Gasteiger charge is 2.94. The molecule has 0 aromatic rings. The number of hydrogen-bond donors (Lipinski definition) is 0. The molecule has 0 heterocycles. The SMILES string of the molecule is FC(F)(Br)C(F)(F)C(F)(F)C(F)(F)C(F)(F)C(F)(F)C(F)(F)C(F)(F)Br. The summed E-state index contributed by atoms with van der Waals surface area (Å²) in [6.07, 6.45) is 0. The van der Waals surface area contributed by atoms with E-state index < -0.39 is 45.2 Å². The fraction of sp³-hybridized carbons (Fsp3) is 1.00. The van der Waals surface area contributed by atoms with Gasteiger partial charge in [-0.3, -0.25) is 0 Å².